The Labute approximate surface area is 127 Å². The molecule has 0 aromatic rings. The normalized spacial score (nSPS) is 24.3. The van der Waals surface area contributed by atoms with Crippen molar-refractivity contribution in [3.05, 3.63) is 0 Å². The van der Waals surface area contributed by atoms with E-state index in [1.165, 1.54) is 19.3 Å². The van der Waals surface area contributed by atoms with E-state index in [1.807, 2.05) is 18.7 Å². The van der Waals surface area contributed by atoms with Crippen LogP contribution in [0.4, 0.5) is 0 Å². The second-order valence-corrected chi connectivity index (χ2v) is 7.29. The fraction of sp³-hybridized carbons (Fsp3) is 0.875. The Kier molecular flexibility index (Phi) is 5.25. The number of carboxylic acid groups (broad SMARTS) is 1. The fourth-order valence-electron chi connectivity index (χ4n) is 3.58. The number of piperidine rings is 1. The maximum absolute atomic E-state index is 12.5. The number of amides is 1. The van der Waals surface area contributed by atoms with Gasteiger partial charge in [-0.2, -0.15) is 0 Å². The summed E-state index contributed by atoms with van der Waals surface area (Å²) in [5, 5.41) is 8.93. The van der Waals surface area contributed by atoms with E-state index in [4.69, 9.17) is 5.11 Å². The lowest BCUT2D eigenvalue weighted by atomic mass is 9.85. The second-order valence-electron chi connectivity index (χ2n) is 7.29. The Morgan fingerprint density at radius 1 is 1.10 bits per heavy atom. The molecule has 2 heterocycles. The zero-order chi connectivity index (χ0) is 15.5. The van der Waals surface area contributed by atoms with Crippen molar-refractivity contribution in [1.29, 1.82) is 0 Å². The van der Waals surface area contributed by atoms with Crippen molar-refractivity contribution in [2.24, 2.45) is 5.41 Å². The molecule has 2 rings (SSSR count). The molecule has 0 saturated carbocycles. The van der Waals surface area contributed by atoms with Gasteiger partial charge in [-0.3, -0.25) is 14.5 Å². The molecule has 0 aliphatic carbocycles. The molecule has 21 heavy (non-hydrogen) atoms. The molecule has 2 aliphatic heterocycles. The van der Waals surface area contributed by atoms with Crippen molar-refractivity contribution >= 4 is 11.9 Å². The molecule has 1 atom stereocenters. The van der Waals surface area contributed by atoms with Gasteiger partial charge in [-0.25, -0.2) is 0 Å². The zero-order valence-corrected chi connectivity index (χ0v) is 13.3. The number of likely N-dealkylation sites (tertiary alicyclic amines) is 2. The SMILES string of the molecule is CC(C)(CC(=O)O)CC(=O)N1CCCC(N2CCCC2)C1. The van der Waals surface area contributed by atoms with Crippen LogP contribution in [0.1, 0.15) is 52.4 Å². The van der Waals surface area contributed by atoms with Crippen LogP contribution >= 0.6 is 0 Å². The Morgan fingerprint density at radius 2 is 1.76 bits per heavy atom. The van der Waals surface area contributed by atoms with E-state index in [-0.39, 0.29) is 12.3 Å². The summed E-state index contributed by atoms with van der Waals surface area (Å²) in [6.07, 6.45) is 5.16. The first-order valence-electron chi connectivity index (χ1n) is 8.11. The van der Waals surface area contributed by atoms with Crippen molar-refractivity contribution in [3.63, 3.8) is 0 Å². The highest BCUT2D eigenvalue weighted by Crippen LogP contribution is 2.28. The van der Waals surface area contributed by atoms with E-state index >= 15 is 0 Å². The third-order valence-electron chi connectivity index (χ3n) is 4.67. The largest absolute Gasteiger partial charge is 0.481 e. The molecule has 120 valence electrons. The summed E-state index contributed by atoms with van der Waals surface area (Å²) < 4.78 is 0. The molecule has 1 amide bonds. The minimum absolute atomic E-state index is 0.0438. The summed E-state index contributed by atoms with van der Waals surface area (Å²) in [4.78, 5) is 27.8. The molecule has 1 N–H and O–H groups in total. The van der Waals surface area contributed by atoms with Gasteiger partial charge in [-0.05, 0) is 44.2 Å². The highest BCUT2D eigenvalue weighted by Gasteiger charge is 2.32. The number of rotatable bonds is 5. The molecular weight excluding hydrogens is 268 g/mol. The molecule has 5 nitrogen and oxygen atoms in total. The monoisotopic (exact) mass is 296 g/mol. The van der Waals surface area contributed by atoms with Crippen LogP contribution in [0, 0.1) is 5.41 Å². The lowest BCUT2D eigenvalue weighted by molar-refractivity contribution is -0.141. The molecule has 0 bridgehead atoms. The van der Waals surface area contributed by atoms with Crippen LogP contribution in [-0.2, 0) is 9.59 Å². The third kappa shape index (κ3) is 4.70. The van der Waals surface area contributed by atoms with E-state index in [2.05, 4.69) is 4.90 Å². The molecule has 0 aromatic carbocycles. The van der Waals surface area contributed by atoms with E-state index < -0.39 is 11.4 Å². The van der Waals surface area contributed by atoms with Crippen molar-refractivity contribution < 1.29 is 14.7 Å². The molecule has 0 radical (unpaired) electrons. The summed E-state index contributed by atoms with van der Waals surface area (Å²) in [7, 11) is 0. The summed E-state index contributed by atoms with van der Waals surface area (Å²) in [6.45, 7) is 7.70. The Hall–Kier alpha value is -1.10. The summed E-state index contributed by atoms with van der Waals surface area (Å²) >= 11 is 0. The summed E-state index contributed by atoms with van der Waals surface area (Å²) in [6, 6.07) is 0.507. The number of aliphatic carboxylic acids is 1. The fourth-order valence-corrected chi connectivity index (χ4v) is 3.58. The number of nitrogens with zero attached hydrogens (tertiary/aromatic N) is 2. The predicted octanol–water partition coefficient (Wildman–Crippen LogP) is 1.96. The molecule has 2 aliphatic rings. The van der Waals surface area contributed by atoms with Gasteiger partial charge in [-0.15, -0.1) is 0 Å². The van der Waals surface area contributed by atoms with Crippen LogP contribution in [0.2, 0.25) is 0 Å². The minimum Gasteiger partial charge on any atom is -0.481 e. The first-order valence-corrected chi connectivity index (χ1v) is 8.11. The lowest BCUT2D eigenvalue weighted by Gasteiger charge is -2.38. The zero-order valence-electron chi connectivity index (χ0n) is 13.3. The number of carboxylic acids is 1. The maximum atomic E-state index is 12.5. The molecule has 0 spiro atoms. The maximum Gasteiger partial charge on any atom is 0.303 e. The number of hydrogen-bond donors (Lipinski definition) is 1. The van der Waals surface area contributed by atoms with Crippen molar-refractivity contribution in [2.75, 3.05) is 26.2 Å². The first-order chi connectivity index (χ1) is 9.87. The molecular formula is C16H28N2O3. The minimum atomic E-state index is -0.832. The van der Waals surface area contributed by atoms with Gasteiger partial charge in [0.05, 0.1) is 6.42 Å². The van der Waals surface area contributed by atoms with Crippen LogP contribution < -0.4 is 0 Å². The highest BCUT2D eigenvalue weighted by atomic mass is 16.4. The molecule has 5 heteroatoms. The van der Waals surface area contributed by atoms with Gasteiger partial charge in [0.15, 0.2) is 0 Å². The van der Waals surface area contributed by atoms with Gasteiger partial charge < -0.3 is 10.0 Å². The molecule has 0 aromatic heterocycles. The Morgan fingerprint density at radius 3 is 2.38 bits per heavy atom. The smallest absolute Gasteiger partial charge is 0.303 e. The first kappa shape index (κ1) is 16.3. The van der Waals surface area contributed by atoms with Crippen LogP contribution in [0.15, 0.2) is 0 Å². The topological polar surface area (TPSA) is 60.9 Å². The van der Waals surface area contributed by atoms with Crippen LogP contribution in [0.3, 0.4) is 0 Å². The number of hydrogen-bond acceptors (Lipinski definition) is 3. The standard InChI is InChI=1S/C16H28N2O3/c1-16(2,11-15(20)21)10-14(19)18-9-5-6-13(12-18)17-7-3-4-8-17/h13H,3-12H2,1-2H3,(H,20,21). The van der Waals surface area contributed by atoms with Gasteiger partial charge in [0, 0.05) is 25.6 Å². The van der Waals surface area contributed by atoms with Crippen LogP contribution in [0.25, 0.3) is 0 Å². The van der Waals surface area contributed by atoms with Crippen molar-refractivity contribution in [2.45, 2.75) is 58.4 Å². The lowest BCUT2D eigenvalue weighted by Crippen LogP contribution is -2.49. The Balaban J connectivity index is 1.88. The quantitative estimate of drug-likeness (QED) is 0.842. The molecule has 2 fully saturated rings. The Bertz CT molecular complexity index is 389. The average molecular weight is 296 g/mol. The third-order valence-corrected chi connectivity index (χ3v) is 4.67. The predicted molar refractivity (Wildman–Crippen MR) is 81.1 cm³/mol. The van der Waals surface area contributed by atoms with E-state index in [1.54, 1.807) is 0 Å². The number of carbonyl (C=O) groups excluding carboxylic acids is 1. The van der Waals surface area contributed by atoms with E-state index in [0.717, 1.165) is 32.6 Å². The van der Waals surface area contributed by atoms with Crippen LogP contribution in [-0.4, -0.2) is 59.0 Å². The van der Waals surface area contributed by atoms with Crippen LogP contribution in [0.5, 0.6) is 0 Å². The number of carbonyl (C=O) groups is 2. The summed E-state index contributed by atoms with van der Waals surface area (Å²) in [5.41, 5.74) is -0.469. The average Bonchev–Trinajstić information content (AvgIpc) is 2.90. The van der Waals surface area contributed by atoms with Gasteiger partial charge in [-0.1, -0.05) is 13.8 Å². The van der Waals surface area contributed by atoms with Gasteiger partial charge in [0.2, 0.25) is 5.91 Å². The van der Waals surface area contributed by atoms with E-state index in [9.17, 15) is 9.59 Å². The van der Waals surface area contributed by atoms with Gasteiger partial charge in [0.1, 0.15) is 0 Å². The van der Waals surface area contributed by atoms with Gasteiger partial charge in [0.25, 0.3) is 0 Å². The van der Waals surface area contributed by atoms with Crippen molar-refractivity contribution in [3.8, 4) is 0 Å². The van der Waals surface area contributed by atoms with Crippen molar-refractivity contribution in [1.82, 2.24) is 9.80 Å². The second kappa shape index (κ2) is 6.77. The molecule has 1 unspecified atom stereocenters. The van der Waals surface area contributed by atoms with Gasteiger partial charge >= 0.3 is 5.97 Å². The highest BCUT2D eigenvalue weighted by molar-refractivity contribution is 5.78. The van der Waals surface area contributed by atoms with E-state index in [0.29, 0.717) is 12.5 Å². The molecule has 2 saturated heterocycles. The summed E-state index contributed by atoms with van der Waals surface area (Å²) in [5.74, 6) is -0.716.